The van der Waals surface area contributed by atoms with Gasteiger partial charge in [0.25, 0.3) is 5.91 Å². The van der Waals surface area contributed by atoms with Gasteiger partial charge in [-0.25, -0.2) is 0 Å². The summed E-state index contributed by atoms with van der Waals surface area (Å²) in [6, 6.07) is 9.56. The number of benzene rings is 1. The molecule has 1 fully saturated rings. The van der Waals surface area contributed by atoms with Crippen LogP contribution in [0.2, 0.25) is 0 Å². The van der Waals surface area contributed by atoms with Crippen LogP contribution in [0.15, 0.2) is 34.9 Å². The highest BCUT2D eigenvalue weighted by atomic mass is 16.5. The van der Waals surface area contributed by atoms with Gasteiger partial charge < -0.3 is 14.3 Å². The molecule has 1 aromatic heterocycles. The largest absolute Gasteiger partial charge is 0.350 e. The van der Waals surface area contributed by atoms with E-state index >= 15 is 0 Å². The van der Waals surface area contributed by atoms with Gasteiger partial charge in [0.15, 0.2) is 0 Å². The molecule has 1 aromatic carbocycles. The van der Waals surface area contributed by atoms with Crippen LogP contribution in [0.4, 0.5) is 0 Å². The van der Waals surface area contributed by atoms with Crippen molar-refractivity contribution in [3.05, 3.63) is 41.7 Å². The standard InChI is InChI=1S/C19H23N3O3/c1-13-6-8-14(9-7-13)16-11-17(25-20-16)19(24)22-10-4-5-15(12-22)18(23)21(2)3/h6-9,11,15H,4-5,10,12H2,1-3H3/t15-/m1/s1. The summed E-state index contributed by atoms with van der Waals surface area (Å²) in [6.07, 6.45) is 1.63. The van der Waals surface area contributed by atoms with Crippen LogP contribution < -0.4 is 0 Å². The van der Waals surface area contributed by atoms with E-state index in [0.717, 1.165) is 24.0 Å². The number of carbonyl (C=O) groups is 2. The average Bonchev–Trinajstić information content (AvgIpc) is 3.11. The van der Waals surface area contributed by atoms with Crippen molar-refractivity contribution in [3.63, 3.8) is 0 Å². The SMILES string of the molecule is Cc1ccc(-c2cc(C(=O)N3CCC[C@@H](C(=O)N(C)C)C3)on2)cc1. The number of rotatable bonds is 3. The fourth-order valence-corrected chi connectivity index (χ4v) is 3.12. The quantitative estimate of drug-likeness (QED) is 0.861. The van der Waals surface area contributed by atoms with Crippen LogP contribution in [0.5, 0.6) is 0 Å². The van der Waals surface area contributed by atoms with E-state index in [1.165, 1.54) is 0 Å². The lowest BCUT2D eigenvalue weighted by Gasteiger charge is -2.32. The van der Waals surface area contributed by atoms with Crippen molar-refractivity contribution in [2.24, 2.45) is 5.92 Å². The summed E-state index contributed by atoms with van der Waals surface area (Å²) >= 11 is 0. The first-order valence-corrected chi connectivity index (χ1v) is 8.50. The molecular weight excluding hydrogens is 318 g/mol. The van der Waals surface area contributed by atoms with E-state index in [1.807, 2.05) is 31.2 Å². The minimum Gasteiger partial charge on any atom is -0.350 e. The summed E-state index contributed by atoms with van der Waals surface area (Å²) in [6.45, 7) is 3.08. The highest BCUT2D eigenvalue weighted by Crippen LogP contribution is 2.23. The lowest BCUT2D eigenvalue weighted by Crippen LogP contribution is -2.45. The molecular formula is C19H23N3O3. The van der Waals surface area contributed by atoms with E-state index < -0.39 is 0 Å². The second-order valence-corrected chi connectivity index (χ2v) is 6.77. The van der Waals surface area contributed by atoms with Crippen molar-refractivity contribution in [2.75, 3.05) is 27.2 Å². The Morgan fingerprint density at radius 3 is 2.64 bits per heavy atom. The highest BCUT2D eigenvalue weighted by molar-refractivity contribution is 5.93. The minimum atomic E-state index is -0.206. The van der Waals surface area contributed by atoms with Gasteiger partial charge in [0.2, 0.25) is 11.7 Å². The summed E-state index contributed by atoms with van der Waals surface area (Å²) < 4.78 is 5.27. The van der Waals surface area contributed by atoms with Crippen LogP contribution >= 0.6 is 0 Å². The predicted molar refractivity (Wildman–Crippen MR) is 94.0 cm³/mol. The first-order chi connectivity index (χ1) is 12.0. The van der Waals surface area contributed by atoms with Crippen LogP contribution in [-0.4, -0.2) is 54.0 Å². The lowest BCUT2D eigenvalue weighted by atomic mass is 9.96. The van der Waals surface area contributed by atoms with E-state index in [4.69, 9.17) is 4.52 Å². The first-order valence-electron chi connectivity index (χ1n) is 8.50. The third-order valence-corrected chi connectivity index (χ3v) is 4.57. The van der Waals surface area contributed by atoms with E-state index in [2.05, 4.69) is 5.16 Å². The van der Waals surface area contributed by atoms with Crippen LogP contribution in [0.25, 0.3) is 11.3 Å². The molecule has 0 bridgehead atoms. The molecule has 1 aliphatic heterocycles. The summed E-state index contributed by atoms with van der Waals surface area (Å²) in [5.41, 5.74) is 2.71. The topological polar surface area (TPSA) is 66.7 Å². The van der Waals surface area contributed by atoms with Crippen LogP contribution in [0.3, 0.4) is 0 Å². The van der Waals surface area contributed by atoms with Gasteiger partial charge in [-0.05, 0) is 19.8 Å². The molecule has 1 atom stereocenters. The van der Waals surface area contributed by atoms with Gasteiger partial charge in [-0.15, -0.1) is 0 Å². The monoisotopic (exact) mass is 341 g/mol. The van der Waals surface area contributed by atoms with Crippen LogP contribution in [-0.2, 0) is 4.79 Å². The molecule has 0 spiro atoms. The van der Waals surface area contributed by atoms with Gasteiger partial charge in [-0.2, -0.15) is 0 Å². The average molecular weight is 341 g/mol. The zero-order valence-corrected chi connectivity index (χ0v) is 14.9. The molecule has 2 heterocycles. The second-order valence-electron chi connectivity index (χ2n) is 6.77. The summed E-state index contributed by atoms with van der Waals surface area (Å²) in [4.78, 5) is 28.2. The number of piperidine rings is 1. The molecule has 2 amide bonds. The Morgan fingerprint density at radius 2 is 1.96 bits per heavy atom. The predicted octanol–water partition coefficient (Wildman–Crippen LogP) is 2.59. The molecule has 25 heavy (non-hydrogen) atoms. The number of carbonyl (C=O) groups excluding carboxylic acids is 2. The molecule has 0 N–H and O–H groups in total. The molecule has 0 unspecified atom stereocenters. The highest BCUT2D eigenvalue weighted by Gasteiger charge is 2.31. The molecule has 2 aromatic rings. The fourth-order valence-electron chi connectivity index (χ4n) is 3.12. The normalized spacial score (nSPS) is 17.4. The first kappa shape index (κ1) is 17.2. The Kier molecular flexibility index (Phi) is 4.88. The maximum Gasteiger partial charge on any atom is 0.292 e. The molecule has 1 aliphatic rings. The Balaban J connectivity index is 1.73. The third-order valence-electron chi connectivity index (χ3n) is 4.57. The Bertz CT molecular complexity index is 764. The number of hydrogen-bond acceptors (Lipinski definition) is 4. The molecule has 3 rings (SSSR count). The minimum absolute atomic E-state index is 0.0652. The van der Waals surface area contributed by atoms with E-state index in [1.54, 1.807) is 30.0 Å². The third kappa shape index (κ3) is 3.73. The summed E-state index contributed by atoms with van der Waals surface area (Å²) in [5.74, 6) is -0.0711. The van der Waals surface area contributed by atoms with Crippen molar-refractivity contribution in [2.45, 2.75) is 19.8 Å². The van der Waals surface area contributed by atoms with Crippen LogP contribution in [0, 0.1) is 12.8 Å². The Hall–Kier alpha value is -2.63. The molecule has 0 saturated carbocycles. The number of nitrogens with zero attached hydrogens (tertiary/aromatic N) is 3. The van der Waals surface area contributed by atoms with Crippen LogP contribution in [0.1, 0.15) is 29.0 Å². The Morgan fingerprint density at radius 1 is 1.24 bits per heavy atom. The number of aryl methyl sites for hydroxylation is 1. The van der Waals surface area contributed by atoms with E-state index in [9.17, 15) is 9.59 Å². The molecule has 6 heteroatoms. The van der Waals surface area contributed by atoms with E-state index in [-0.39, 0.29) is 23.5 Å². The number of amides is 2. The fraction of sp³-hybridized carbons (Fsp3) is 0.421. The molecule has 0 aliphatic carbocycles. The lowest BCUT2D eigenvalue weighted by molar-refractivity contribution is -0.134. The summed E-state index contributed by atoms with van der Waals surface area (Å²) in [7, 11) is 3.49. The van der Waals surface area contributed by atoms with Crippen molar-refractivity contribution < 1.29 is 14.1 Å². The summed E-state index contributed by atoms with van der Waals surface area (Å²) in [5, 5.41) is 4.02. The smallest absolute Gasteiger partial charge is 0.292 e. The van der Waals surface area contributed by atoms with Crippen molar-refractivity contribution in [1.82, 2.24) is 15.0 Å². The molecule has 1 saturated heterocycles. The molecule has 0 radical (unpaired) electrons. The van der Waals surface area contributed by atoms with Gasteiger partial charge in [0.1, 0.15) is 5.69 Å². The van der Waals surface area contributed by atoms with E-state index in [0.29, 0.717) is 18.8 Å². The van der Waals surface area contributed by atoms with Crippen molar-refractivity contribution >= 4 is 11.8 Å². The number of likely N-dealkylation sites (tertiary alicyclic amines) is 1. The maximum absolute atomic E-state index is 12.7. The Labute approximate surface area is 147 Å². The second kappa shape index (κ2) is 7.09. The van der Waals surface area contributed by atoms with Gasteiger partial charge in [-0.1, -0.05) is 35.0 Å². The molecule has 132 valence electrons. The van der Waals surface area contributed by atoms with Gasteiger partial charge >= 0.3 is 0 Å². The van der Waals surface area contributed by atoms with Gasteiger partial charge in [0.05, 0.1) is 5.92 Å². The molecule has 6 nitrogen and oxygen atoms in total. The number of hydrogen-bond donors (Lipinski definition) is 0. The van der Waals surface area contributed by atoms with Crippen molar-refractivity contribution in [3.8, 4) is 11.3 Å². The maximum atomic E-state index is 12.7. The van der Waals surface area contributed by atoms with Gasteiger partial charge in [-0.3, -0.25) is 9.59 Å². The zero-order valence-electron chi connectivity index (χ0n) is 14.9. The van der Waals surface area contributed by atoms with Gasteiger partial charge in [0, 0.05) is 38.8 Å². The zero-order chi connectivity index (χ0) is 18.0. The number of aromatic nitrogens is 1. The van der Waals surface area contributed by atoms with Crippen molar-refractivity contribution in [1.29, 1.82) is 0 Å².